The topological polar surface area (TPSA) is 27.7 Å². The van der Waals surface area contributed by atoms with Crippen molar-refractivity contribution in [1.29, 1.82) is 0 Å². The van der Waals surface area contributed by atoms with Crippen LogP contribution in [0.2, 0.25) is 6.04 Å². The summed E-state index contributed by atoms with van der Waals surface area (Å²) in [6.07, 6.45) is 3.78. The first-order valence-electron chi connectivity index (χ1n) is 5.77. The largest absolute Gasteiger partial charge is 0.398 e. The summed E-state index contributed by atoms with van der Waals surface area (Å²) in [5.74, 6) is 0. The molecule has 90 valence electrons. The third kappa shape index (κ3) is 10.1. The van der Waals surface area contributed by atoms with Gasteiger partial charge in [0.05, 0.1) is 6.61 Å². The standard InChI is InChI=1S/C11H24O3Si/c1-4-7-12-10-11(13-8-5-2)14-15-9-6-3/h6,11H,3-5,7-10,15H2,1-2H3. The van der Waals surface area contributed by atoms with Gasteiger partial charge in [0.1, 0.15) is 0 Å². The van der Waals surface area contributed by atoms with Gasteiger partial charge in [-0.2, -0.15) is 0 Å². The van der Waals surface area contributed by atoms with Gasteiger partial charge in [0.25, 0.3) is 0 Å². The van der Waals surface area contributed by atoms with Crippen LogP contribution >= 0.6 is 0 Å². The quantitative estimate of drug-likeness (QED) is 0.236. The number of rotatable bonds is 11. The van der Waals surface area contributed by atoms with Crippen LogP contribution in [0.25, 0.3) is 0 Å². The zero-order valence-corrected chi connectivity index (χ0v) is 11.5. The second kappa shape index (κ2) is 11.9. The molecule has 0 aliphatic rings. The van der Waals surface area contributed by atoms with E-state index in [-0.39, 0.29) is 6.29 Å². The van der Waals surface area contributed by atoms with Crippen LogP contribution in [0.5, 0.6) is 0 Å². The van der Waals surface area contributed by atoms with E-state index in [1.54, 1.807) is 0 Å². The molecule has 1 atom stereocenters. The molecule has 0 aliphatic heterocycles. The SMILES string of the molecule is C=CC[SiH2]OC(COCCC)OCCC. The molecule has 0 radical (unpaired) electrons. The molecule has 0 aliphatic carbocycles. The maximum Gasteiger partial charge on any atom is 0.171 e. The first-order valence-corrected chi connectivity index (χ1v) is 7.34. The third-order valence-corrected chi connectivity index (χ3v) is 2.99. The van der Waals surface area contributed by atoms with E-state index in [1.807, 2.05) is 6.08 Å². The van der Waals surface area contributed by atoms with E-state index in [1.165, 1.54) is 0 Å². The molecule has 0 saturated heterocycles. The monoisotopic (exact) mass is 232 g/mol. The van der Waals surface area contributed by atoms with Gasteiger partial charge >= 0.3 is 0 Å². The van der Waals surface area contributed by atoms with Crippen LogP contribution in [0.1, 0.15) is 26.7 Å². The molecule has 0 amide bonds. The molecular weight excluding hydrogens is 208 g/mol. The molecule has 15 heavy (non-hydrogen) atoms. The molecule has 0 aromatic heterocycles. The summed E-state index contributed by atoms with van der Waals surface area (Å²) in [6, 6.07) is 0.986. The first-order chi connectivity index (χ1) is 7.35. The van der Waals surface area contributed by atoms with Crippen molar-refractivity contribution in [3.05, 3.63) is 12.7 Å². The lowest BCUT2D eigenvalue weighted by molar-refractivity contribution is -0.121. The number of hydrogen-bond acceptors (Lipinski definition) is 3. The minimum absolute atomic E-state index is 0.164. The van der Waals surface area contributed by atoms with Crippen molar-refractivity contribution in [3.8, 4) is 0 Å². The lowest BCUT2D eigenvalue weighted by Crippen LogP contribution is -2.25. The highest BCUT2D eigenvalue weighted by molar-refractivity contribution is 6.27. The fourth-order valence-corrected chi connectivity index (χ4v) is 1.76. The minimum atomic E-state index is -0.521. The summed E-state index contributed by atoms with van der Waals surface area (Å²) >= 11 is 0. The zero-order chi connectivity index (χ0) is 11.4. The summed E-state index contributed by atoms with van der Waals surface area (Å²) in [4.78, 5) is 0. The maximum atomic E-state index is 5.65. The molecule has 3 nitrogen and oxygen atoms in total. The zero-order valence-electron chi connectivity index (χ0n) is 10.0. The minimum Gasteiger partial charge on any atom is -0.398 e. The Morgan fingerprint density at radius 2 is 2.00 bits per heavy atom. The van der Waals surface area contributed by atoms with Crippen LogP contribution in [0.15, 0.2) is 12.7 Å². The van der Waals surface area contributed by atoms with Crippen molar-refractivity contribution in [2.45, 2.75) is 39.0 Å². The summed E-state index contributed by atoms with van der Waals surface area (Å²) in [7, 11) is -0.521. The van der Waals surface area contributed by atoms with E-state index in [0.717, 1.165) is 32.1 Å². The van der Waals surface area contributed by atoms with Gasteiger partial charge in [0.2, 0.25) is 0 Å². The van der Waals surface area contributed by atoms with Crippen molar-refractivity contribution < 1.29 is 13.9 Å². The third-order valence-electron chi connectivity index (χ3n) is 1.74. The second-order valence-electron chi connectivity index (χ2n) is 3.32. The van der Waals surface area contributed by atoms with Crippen LogP contribution in [-0.4, -0.2) is 35.9 Å². The van der Waals surface area contributed by atoms with E-state index < -0.39 is 9.76 Å². The molecule has 0 aromatic rings. The van der Waals surface area contributed by atoms with Crippen molar-refractivity contribution in [2.75, 3.05) is 19.8 Å². The van der Waals surface area contributed by atoms with Crippen LogP contribution in [0.4, 0.5) is 0 Å². The van der Waals surface area contributed by atoms with Crippen molar-refractivity contribution in [2.24, 2.45) is 0 Å². The summed E-state index contributed by atoms with van der Waals surface area (Å²) < 4.78 is 16.6. The molecule has 1 unspecified atom stereocenters. The Morgan fingerprint density at radius 1 is 1.27 bits per heavy atom. The number of ether oxygens (including phenoxy) is 2. The Labute approximate surface area is 95.7 Å². The highest BCUT2D eigenvalue weighted by Gasteiger charge is 2.08. The van der Waals surface area contributed by atoms with Gasteiger partial charge in [-0.05, 0) is 18.9 Å². The smallest absolute Gasteiger partial charge is 0.171 e. The molecule has 0 N–H and O–H groups in total. The second-order valence-corrected chi connectivity index (χ2v) is 4.64. The molecule has 0 heterocycles. The van der Waals surface area contributed by atoms with E-state index in [2.05, 4.69) is 20.4 Å². The van der Waals surface area contributed by atoms with Gasteiger partial charge < -0.3 is 13.9 Å². The Morgan fingerprint density at radius 3 is 2.60 bits per heavy atom. The van der Waals surface area contributed by atoms with Gasteiger partial charge in [-0.25, -0.2) is 0 Å². The maximum absolute atomic E-state index is 5.65. The van der Waals surface area contributed by atoms with Crippen LogP contribution in [0, 0.1) is 0 Å². The molecule has 4 heteroatoms. The van der Waals surface area contributed by atoms with Crippen molar-refractivity contribution in [1.82, 2.24) is 0 Å². The van der Waals surface area contributed by atoms with Gasteiger partial charge in [0, 0.05) is 13.2 Å². The van der Waals surface area contributed by atoms with Gasteiger partial charge in [-0.15, -0.1) is 6.58 Å². The highest BCUT2D eigenvalue weighted by atomic mass is 28.2. The van der Waals surface area contributed by atoms with Crippen LogP contribution < -0.4 is 0 Å². The summed E-state index contributed by atoms with van der Waals surface area (Å²) in [6.45, 7) is 9.93. The normalized spacial score (nSPS) is 13.5. The van der Waals surface area contributed by atoms with Gasteiger partial charge in [-0.1, -0.05) is 19.9 Å². The number of allylic oxidation sites excluding steroid dienone is 1. The van der Waals surface area contributed by atoms with Gasteiger partial charge in [-0.3, -0.25) is 0 Å². The average molecular weight is 232 g/mol. The summed E-state index contributed by atoms with van der Waals surface area (Å²) in [5.41, 5.74) is 0. The summed E-state index contributed by atoms with van der Waals surface area (Å²) in [5, 5.41) is 0. The molecule has 0 spiro atoms. The van der Waals surface area contributed by atoms with E-state index in [9.17, 15) is 0 Å². The van der Waals surface area contributed by atoms with Gasteiger partial charge in [0.15, 0.2) is 16.1 Å². The van der Waals surface area contributed by atoms with Crippen molar-refractivity contribution >= 4 is 9.76 Å². The fourth-order valence-electron chi connectivity index (χ4n) is 1.00. The fraction of sp³-hybridized carbons (Fsp3) is 0.818. The lowest BCUT2D eigenvalue weighted by Gasteiger charge is -2.18. The van der Waals surface area contributed by atoms with Crippen molar-refractivity contribution in [3.63, 3.8) is 0 Å². The molecule has 0 rings (SSSR count). The van der Waals surface area contributed by atoms with Crippen LogP contribution in [0.3, 0.4) is 0 Å². The first kappa shape index (κ1) is 14.8. The molecule has 0 fully saturated rings. The average Bonchev–Trinajstić information content (AvgIpc) is 2.25. The Kier molecular flexibility index (Phi) is 11.8. The molecular formula is C11H24O3Si. The Hall–Kier alpha value is -0.163. The molecule has 0 bridgehead atoms. The predicted molar refractivity (Wildman–Crippen MR) is 65.8 cm³/mol. The van der Waals surface area contributed by atoms with E-state index in [0.29, 0.717) is 6.61 Å². The molecule has 0 aromatic carbocycles. The predicted octanol–water partition coefficient (Wildman–Crippen LogP) is 1.87. The van der Waals surface area contributed by atoms with Crippen LogP contribution in [-0.2, 0) is 13.9 Å². The Bertz CT molecular complexity index is 142. The Balaban J connectivity index is 3.57. The lowest BCUT2D eigenvalue weighted by atomic mass is 10.5. The van der Waals surface area contributed by atoms with E-state index >= 15 is 0 Å². The highest BCUT2D eigenvalue weighted by Crippen LogP contribution is 1.99. The molecule has 0 saturated carbocycles. The van der Waals surface area contributed by atoms with E-state index in [4.69, 9.17) is 13.9 Å². The number of hydrogen-bond donors (Lipinski definition) is 0.